The normalized spacial score (nSPS) is 14.4. The van der Waals surface area contributed by atoms with Crippen LogP contribution < -0.4 is 0 Å². The molecule has 0 bridgehead atoms. The van der Waals surface area contributed by atoms with Crippen LogP contribution in [-0.2, 0) is 65.4 Å². The number of hydrogen-bond acceptors (Lipinski definition) is 15. The fourth-order valence-electron chi connectivity index (χ4n) is 11.9. The summed E-state index contributed by atoms with van der Waals surface area (Å²) in [5.41, 5.74) is 0. The van der Waals surface area contributed by atoms with E-state index >= 15 is 0 Å². The molecule has 0 aromatic rings. The second-order valence-corrected chi connectivity index (χ2v) is 32.7. The minimum Gasteiger partial charge on any atom is -0.462 e. The Labute approximate surface area is 594 Å². The monoisotopic (exact) mass is 1420 g/mol. The molecule has 0 fully saturated rings. The molecule has 0 spiro atoms. The van der Waals surface area contributed by atoms with E-state index in [0.29, 0.717) is 31.6 Å². The first-order valence-electron chi connectivity index (χ1n) is 40.2. The van der Waals surface area contributed by atoms with Gasteiger partial charge in [-0.25, -0.2) is 9.13 Å². The van der Waals surface area contributed by atoms with Crippen molar-refractivity contribution in [3.05, 3.63) is 0 Å². The Morgan fingerprint density at radius 2 is 0.495 bits per heavy atom. The summed E-state index contributed by atoms with van der Waals surface area (Å²) in [7, 11) is -9.91. The first kappa shape index (κ1) is 95.1. The van der Waals surface area contributed by atoms with Gasteiger partial charge in [-0.2, -0.15) is 0 Å². The number of phosphoric ester groups is 2. The summed E-state index contributed by atoms with van der Waals surface area (Å²) < 4.78 is 68.5. The Kier molecular flexibility index (Phi) is 65.9. The maximum atomic E-state index is 13.1. The predicted octanol–water partition coefficient (Wildman–Crippen LogP) is 22.8. The lowest BCUT2D eigenvalue weighted by Crippen LogP contribution is -2.30. The summed E-state index contributed by atoms with van der Waals surface area (Å²) in [5.74, 6) is 0.916. The number of rotatable bonds is 75. The highest BCUT2D eigenvalue weighted by molar-refractivity contribution is 7.47. The topological polar surface area (TPSA) is 237 Å². The van der Waals surface area contributed by atoms with Crippen LogP contribution in [0.1, 0.15) is 396 Å². The van der Waals surface area contributed by atoms with Gasteiger partial charge in [0.05, 0.1) is 26.4 Å². The zero-order chi connectivity index (χ0) is 71.7. The van der Waals surface area contributed by atoms with Crippen molar-refractivity contribution in [1.29, 1.82) is 0 Å². The van der Waals surface area contributed by atoms with Crippen molar-refractivity contribution in [2.24, 2.45) is 23.7 Å². The molecule has 3 N–H and O–H groups in total. The lowest BCUT2D eigenvalue weighted by molar-refractivity contribution is -0.161. The SMILES string of the molecule is CCC(C)CCCCCCCCC(=O)OC[C@H](COP(=O)(O)OC[C@H](O)COP(=O)(O)OC[C@@H](COC(=O)CCCCCCCCCCCCCCCC(C)C)OC(=O)CCCCCCCCCCCCCCCCCCCCC(C)C)OC(=O)CCCCCCCCCC(C)C. The Balaban J connectivity index is 5.21. The van der Waals surface area contributed by atoms with E-state index < -0.39 is 97.5 Å². The molecule has 19 heteroatoms. The van der Waals surface area contributed by atoms with Crippen molar-refractivity contribution in [2.75, 3.05) is 39.6 Å². The first-order valence-corrected chi connectivity index (χ1v) is 43.2. The molecule has 0 aliphatic heterocycles. The zero-order valence-electron chi connectivity index (χ0n) is 63.7. The van der Waals surface area contributed by atoms with Crippen molar-refractivity contribution in [2.45, 2.75) is 414 Å². The molecule has 6 atom stereocenters. The number of hydrogen-bond donors (Lipinski definition) is 3. The van der Waals surface area contributed by atoms with Crippen molar-refractivity contribution >= 4 is 39.5 Å². The number of carbonyl (C=O) groups is 4. The molecule has 0 aromatic carbocycles. The molecule has 0 aromatic heterocycles. The molecule has 0 saturated carbocycles. The highest BCUT2D eigenvalue weighted by Gasteiger charge is 2.30. The largest absolute Gasteiger partial charge is 0.472 e. The van der Waals surface area contributed by atoms with Gasteiger partial charge in [-0.3, -0.25) is 37.3 Å². The lowest BCUT2D eigenvalue weighted by Gasteiger charge is -2.21. The van der Waals surface area contributed by atoms with Crippen LogP contribution in [0.15, 0.2) is 0 Å². The molecule has 0 aliphatic carbocycles. The van der Waals surface area contributed by atoms with Crippen LogP contribution >= 0.6 is 15.6 Å². The zero-order valence-corrected chi connectivity index (χ0v) is 65.5. The Bertz CT molecular complexity index is 1900. The third-order valence-electron chi connectivity index (χ3n) is 18.4. The van der Waals surface area contributed by atoms with Crippen LogP contribution in [0, 0.1) is 23.7 Å². The predicted molar refractivity (Wildman–Crippen MR) is 395 cm³/mol. The number of phosphoric acid groups is 2. The van der Waals surface area contributed by atoms with Gasteiger partial charge >= 0.3 is 39.5 Å². The van der Waals surface area contributed by atoms with E-state index in [4.69, 9.17) is 37.0 Å². The minimum absolute atomic E-state index is 0.102. The second kappa shape index (κ2) is 67.2. The second-order valence-electron chi connectivity index (χ2n) is 29.8. The fraction of sp³-hybridized carbons (Fsp3) is 0.949. The number of esters is 4. The van der Waals surface area contributed by atoms with Gasteiger partial charge in [0, 0.05) is 25.7 Å². The van der Waals surface area contributed by atoms with Gasteiger partial charge in [0.25, 0.3) is 0 Å². The molecule has 17 nitrogen and oxygen atoms in total. The highest BCUT2D eigenvalue weighted by Crippen LogP contribution is 2.45. The Hall–Kier alpha value is -1.94. The first-order chi connectivity index (χ1) is 46.6. The number of ether oxygens (including phenoxy) is 4. The molecule has 0 saturated heterocycles. The summed E-state index contributed by atoms with van der Waals surface area (Å²) in [6.07, 6.45) is 53.0. The molecule has 0 amide bonds. The molecule has 0 rings (SSSR count). The molecule has 0 heterocycles. The van der Waals surface area contributed by atoms with E-state index in [1.54, 1.807) is 0 Å². The van der Waals surface area contributed by atoms with E-state index in [-0.39, 0.29) is 25.7 Å². The van der Waals surface area contributed by atoms with Crippen molar-refractivity contribution in [3.63, 3.8) is 0 Å². The summed E-state index contributed by atoms with van der Waals surface area (Å²) in [6.45, 7) is 14.2. The molecular formula is C78H152O17P2. The van der Waals surface area contributed by atoms with Gasteiger partial charge in [0.15, 0.2) is 12.2 Å². The number of unbranched alkanes of at least 4 members (excludes halogenated alkanes) is 40. The van der Waals surface area contributed by atoms with Crippen molar-refractivity contribution < 1.29 is 80.2 Å². The molecule has 0 aliphatic rings. The van der Waals surface area contributed by atoms with Crippen LogP contribution in [0.2, 0.25) is 0 Å². The summed E-state index contributed by atoms with van der Waals surface area (Å²) >= 11 is 0. The third-order valence-corrected chi connectivity index (χ3v) is 20.3. The van der Waals surface area contributed by atoms with Crippen molar-refractivity contribution in [3.8, 4) is 0 Å². The Morgan fingerprint density at radius 3 is 0.732 bits per heavy atom. The molecule has 0 radical (unpaired) electrons. The van der Waals surface area contributed by atoms with Crippen molar-refractivity contribution in [1.82, 2.24) is 0 Å². The smallest absolute Gasteiger partial charge is 0.462 e. The molecule has 97 heavy (non-hydrogen) atoms. The van der Waals surface area contributed by atoms with Gasteiger partial charge in [-0.15, -0.1) is 0 Å². The molecule has 576 valence electrons. The van der Waals surface area contributed by atoms with Gasteiger partial charge in [-0.1, -0.05) is 344 Å². The lowest BCUT2D eigenvalue weighted by atomic mass is 10.00. The average molecular weight is 1420 g/mol. The van der Waals surface area contributed by atoms with Crippen LogP contribution in [0.3, 0.4) is 0 Å². The van der Waals surface area contributed by atoms with Gasteiger partial charge in [-0.05, 0) is 49.4 Å². The van der Waals surface area contributed by atoms with E-state index in [9.17, 15) is 43.2 Å². The van der Waals surface area contributed by atoms with Crippen LogP contribution in [0.4, 0.5) is 0 Å². The van der Waals surface area contributed by atoms with E-state index in [2.05, 4.69) is 55.4 Å². The van der Waals surface area contributed by atoms with Crippen LogP contribution in [0.5, 0.6) is 0 Å². The third kappa shape index (κ3) is 70.9. The molecule has 3 unspecified atom stereocenters. The number of carbonyl (C=O) groups excluding carboxylic acids is 4. The minimum atomic E-state index is -4.96. The van der Waals surface area contributed by atoms with Crippen LogP contribution in [-0.4, -0.2) is 96.7 Å². The molecular weight excluding hydrogens is 1270 g/mol. The fourth-order valence-corrected chi connectivity index (χ4v) is 13.5. The van der Waals surface area contributed by atoms with Gasteiger partial charge in [0.1, 0.15) is 19.3 Å². The van der Waals surface area contributed by atoms with Crippen LogP contribution in [0.25, 0.3) is 0 Å². The van der Waals surface area contributed by atoms with E-state index in [1.165, 1.54) is 193 Å². The van der Waals surface area contributed by atoms with E-state index in [1.807, 2.05) is 0 Å². The quantitative estimate of drug-likeness (QED) is 0.0222. The summed E-state index contributed by atoms with van der Waals surface area (Å²) in [5, 5.41) is 10.6. The Morgan fingerprint density at radius 1 is 0.289 bits per heavy atom. The van der Waals surface area contributed by atoms with Gasteiger partial charge in [0.2, 0.25) is 0 Å². The average Bonchev–Trinajstić information content (AvgIpc) is 1.08. The number of aliphatic hydroxyl groups is 1. The standard InChI is InChI=1S/C78H152O17P2/c1-9-71(8)57-49-41-36-37-43-51-59-76(81)89-65-74(95-78(83)61-53-45-35-29-32-40-48-56-70(6)7)67-93-97(86,87)91-63-72(79)62-90-96(84,85)92-66-73(64-88-75(80)58-50-42-33-27-23-20-16-18-22-26-31-39-47-55-69(4)5)94-77(82)60-52-44-34-28-24-19-15-13-11-10-12-14-17-21-25-30-38-46-54-68(2)3/h68-74,79H,9-67H2,1-8H3,(H,84,85)(H,86,87)/t71?,72-,73-,74-/m1/s1. The van der Waals surface area contributed by atoms with E-state index in [0.717, 1.165) is 114 Å². The highest BCUT2D eigenvalue weighted by atomic mass is 31.2. The number of aliphatic hydroxyl groups excluding tert-OH is 1. The summed E-state index contributed by atoms with van der Waals surface area (Å²) in [4.78, 5) is 72.8. The van der Waals surface area contributed by atoms with Gasteiger partial charge < -0.3 is 33.8 Å². The summed E-state index contributed by atoms with van der Waals surface area (Å²) in [6, 6.07) is 0. The maximum absolute atomic E-state index is 13.1. The maximum Gasteiger partial charge on any atom is 0.472 e.